The molecule has 0 unspecified atom stereocenters. The van der Waals surface area contributed by atoms with Gasteiger partial charge in [0.15, 0.2) is 11.5 Å². The van der Waals surface area contributed by atoms with Gasteiger partial charge in [0.25, 0.3) is 0 Å². The molecule has 0 saturated heterocycles. The molecular formula is C24H21F3N4O2. The molecule has 0 radical (unpaired) electrons. The molecule has 1 heterocycles. The molecular weight excluding hydrogens is 433 g/mol. The fraction of sp³-hybridized carbons (Fsp3) is 0.167. The Morgan fingerprint density at radius 3 is 2.27 bits per heavy atom. The zero-order chi connectivity index (χ0) is 23.4. The highest BCUT2D eigenvalue weighted by molar-refractivity contribution is 5.93. The first kappa shape index (κ1) is 22.2. The Morgan fingerprint density at radius 1 is 0.848 bits per heavy atom. The van der Waals surface area contributed by atoms with Crippen LogP contribution in [0.25, 0.3) is 10.9 Å². The maximum atomic E-state index is 13.1. The lowest BCUT2D eigenvalue weighted by atomic mass is 10.1. The van der Waals surface area contributed by atoms with Crippen LogP contribution in [0.2, 0.25) is 0 Å². The van der Waals surface area contributed by atoms with Crippen LogP contribution in [0.4, 0.5) is 30.6 Å². The lowest BCUT2D eigenvalue weighted by Gasteiger charge is -2.15. The number of para-hydroxylation sites is 1. The summed E-state index contributed by atoms with van der Waals surface area (Å²) in [5.74, 6) is 1.75. The number of rotatable bonds is 7. The number of halogens is 3. The molecule has 0 aliphatic rings. The molecule has 170 valence electrons. The number of anilines is 3. The SMILES string of the molecule is COc1cc2nc(Nc3ccccc3)nc(NCc3cccc(C(F)(F)F)c3)c2cc1OC. The molecule has 0 aliphatic heterocycles. The van der Waals surface area contributed by atoms with Crippen LogP contribution in [-0.2, 0) is 12.7 Å². The van der Waals surface area contributed by atoms with Gasteiger partial charge in [-0.2, -0.15) is 18.2 Å². The number of alkyl halides is 3. The largest absolute Gasteiger partial charge is 0.493 e. The van der Waals surface area contributed by atoms with E-state index < -0.39 is 11.7 Å². The number of methoxy groups -OCH3 is 2. The topological polar surface area (TPSA) is 68.3 Å². The predicted molar refractivity (Wildman–Crippen MR) is 121 cm³/mol. The van der Waals surface area contributed by atoms with Gasteiger partial charge in [0, 0.05) is 23.7 Å². The minimum atomic E-state index is -4.41. The molecule has 4 aromatic rings. The molecule has 0 saturated carbocycles. The maximum absolute atomic E-state index is 13.1. The first-order valence-corrected chi connectivity index (χ1v) is 10.0. The van der Waals surface area contributed by atoms with Crippen molar-refractivity contribution >= 4 is 28.4 Å². The molecule has 2 N–H and O–H groups in total. The maximum Gasteiger partial charge on any atom is 0.416 e. The Kier molecular flexibility index (Phi) is 6.21. The van der Waals surface area contributed by atoms with Crippen molar-refractivity contribution in [3.63, 3.8) is 0 Å². The average Bonchev–Trinajstić information content (AvgIpc) is 2.82. The molecule has 0 atom stereocenters. The molecule has 0 fully saturated rings. The molecule has 3 aromatic carbocycles. The summed E-state index contributed by atoms with van der Waals surface area (Å²) in [5.41, 5.74) is 1.13. The van der Waals surface area contributed by atoms with Crippen LogP contribution in [0.15, 0.2) is 66.7 Å². The summed E-state index contributed by atoms with van der Waals surface area (Å²) in [5, 5.41) is 6.93. The number of fused-ring (bicyclic) bond motifs is 1. The van der Waals surface area contributed by atoms with Gasteiger partial charge in [0.05, 0.1) is 25.3 Å². The van der Waals surface area contributed by atoms with Crippen molar-refractivity contribution in [1.29, 1.82) is 0 Å². The average molecular weight is 454 g/mol. The van der Waals surface area contributed by atoms with E-state index in [0.717, 1.165) is 17.8 Å². The smallest absolute Gasteiger partial charge is 0.416 e. The highest BCUT2D eigenvalue weighted by atomic mass is 19.4. The van der Waals surface area contributed by atoms with Crippen LogP contribution < -0.4 is 20.1 Å². The minimum Gasteiger partial charge on any atom is -0.493 e. The second-order valence-corrected chi connectivity index (χ2v) is 7.16. The summed E-state index contributed by atoms with van der Waals surface area (Å²) < 4.78 is 50.0. The molecule has 33 heavy (non-hydrogen) atoms. The van der Waals surface area contributed by atoms with Crippen molar-refractivity contribution in [3.8, 4) is 11.5 Å². The van der Waals surface area contributed by atoms with E-state index in [9.17, 15) is 13.2 Å². The molecule has 0 bridgehead atoms. The predicted octanol–water partition coefficient (Wildman–Crippen LogP) is 6.02. The van der Waals surface area contributed by atoms with Crippen LogP contribution in [-0.4, -0.2) is 24.2 Å². The fourth-order valence-electron chi connectivity index (χ4n) is 3.34. The van der Waals surface area contributed by atoms with E-state index >= 15 is 0 Å². The second-order valence-electron chi connectivity index (χ2n) is 7.16. The van der Waals surface area contributed by atoms with Crippen molar-refractivity contribution in [2.75, 3.05) is 24.9 Å². The van der Waals surface area contributed by atoms with Gasteiger partial charge in [-0.1, -0.05) is 30.3 Å². The Balaban J connectivity index is 1.72. The van der Waals surface area contributed by atoms with E-state index in [1.807, 2.05) is 30.3 Å². The molecule has 1 aromatic heterocycles. The third kappa shape index (κ3) is 5.08. The molecule has 9 heteroatoms. The molecule has 0 spiro atoms. The number of ether oxygens (including phenoxy) is 2. The minimum absolute atomic E-state index is 0.134. The van der Waals surface area contributed by atoms with Crippen molar-refractivity contribution in [3.05, 3.63) is 77.9 Å². The standard InChI is InChI=1S/C24H21F3N4O2/c1-32-20-12-18-19(13-21(20)33-2)30-23(29-17-9-4-3-5-10-17)31-22(18)28-14-15-7-6-8-16(11-15)24(25,26)27/h3-13H,14H2,1-2H3,(H2,28,29,30,31). The van der Waals surface area contributed by atoms with E-state index in [2.05, 4.69) is 20.6 Å². The third-order valence-electron chi connectivity index (χ3n) is 4.95. The Morgan fingerprint density at radius 2 is 1.58 bits per heavy atom. The Bertz CT molecular complexity index is 1260. The highest BCUT2D eigenvalue weighted by Crippen LogP contribution is 2.35. The van der Waals surface area contributed by atoms with Gasteiger partial charge in [0.2, 0.25) is 5.95 Å². The number of nitrogens with zero attached hydrogens (tertiary/aromatic N) is 2. The van der Waals surface area contributed by atoms with Gasteiger partial charge >= 0.3 is 6.18 Å². The van der Waals surface area contributed by atoms with Crippen LogP contribution >= 0.6 is 0 Å². The first-order chi connectivity index (χ1) is 15.9. The summed E-state index contributed by atoms with van der Waals surface area (Å²) >= 11 is 0. The fourth-order valence-corrected chi connectivity index (χ4v) is 3.34. The highest BCUT2D eigenvalue weighted by Gasteiger charge is 2.30. The van der Waals surface area contributed by atoms with Crippen LogP contribution in [0.5, 0.6) is 11.5 Å². The molecule has 0 amide bonds. The van der Waals surface area contributed by atoms with Crippen molar-refractivity contribution < 1.29 is 22.6 Å². The zero-order valence-electron chi connectivity index (χ0n) is 17.9. The lowest BCUT2D eigenvalue weighted by molar-refractivity contribution is -0.137. The number of benzene rings is 3. The van der Waals surface area contributed by atoms with Crippen molar-refractivity contribution in [2.45, 2.75) is 12.7 Å². The van der Waals surface area contributed by atoms with E-state index in [-0.39, 0.29) is 6.54 Å². The van der Waals surface area contributed by atoms with Gasteiger partial charge in [-0.15, -0.1) is 0 Å². The van der Waals surface area contributed by atoms with Crippen molar-refractivity contribution in [1.82, 2.24) is 9.97 Å². The van der Waals surface area contributed by atoms with E-state index in [1.54, 1.807) is 18.2 Å². The Labute approximate surface area is 188 Å². The van der Waals surface area contributed by atoms with E-state index in [4.69, 9.17) is 9.47 Å². The monoisotopic (exact) mass is 454 g/mol. The number of nitrogens with one attached hydrogen (secondary N) is 2. The number of hydrogen-bond donors (Lipinski definition) is 2. The summed E-state index contributed by atoms with van der Waals surface area (Å²) in [6, 6.07) is 18.0. The van der Waals surface area contributed by atoms with Crippen LogP contribution in [0.1, 0.15) is 11.1 Å². The molecule has 6 nitrogen and oxygen atoms in total. The molecule has 0 aliphatic carbocycles. The van der Waals surface area contributed by atoms with Gasteiger partial charge < -0.3 is 20.1 Å². The zero-order valence-corrected chi connectivity index (χ0v) is 17.9. The van der Waals surface area contributed by atoms with E-state index in [0.29, 0.717) is 39.7 Å². The van der Waals surface area contributed by atoms with E-state index in [1.165, 1.54) is 20.3 Å². The number of aromatic nitrogens is 2. The van der Waals surface area contributed by atoms with Gasteiger partial charge in [-0.05, 0) is 35.9 Å². The molecule has 4 rings (SSSR count). The van der Waals surface area contributed by atoms with Crippen LogP contribution in [0.3, 0.4) is 0 Å². The summed E-state index contributed by atoms with van der Waals surface area (Å²) in [6.07, 6.45) is -4.41. The van der Waals surface area contributed by atoms with Crippen molar-refractivity contribution in [2.24, 2.45) is 0 Å². The summed E-state index contributed by atoms with van der Waals surface area (Å²) in [6.45, 7) is 0.134. The van der Waals surface area contributed by atoms with Crippen LogP contribution in [0, 0.1) is 0 Å². The summed E-state index contributed by atoms with van der Waals surface area (Å²) in [7, 11) is 3.05. The lowest BCUT2D eigenvalue weighted by Crippen LogP contribution is -2.08. The Hall–Kier alpha value is -4.01. The van der Waals surface area contributed by atoms with Gasteiger partial charge in [-0.3, -0.25) is 0 Å². The first-order valence-electron chi connectivity index (χ1n) is 10.0. The van der Waals surface area contributed by atoms with Gasteiger partial charge in [0.1, 0.15) is 5.82 Å². The quantitative estimate of drug-likeness (QED) is 0.356. The number of hydrogen-bond acceptors (Lipinski definition) is 6. The summed E-state index contributed by atoms with van der Waals surface area (Å²) in [4.78, 5) is 9.13. The second kappa shape index (κ2) is 9.23. The third-order valence-corrected chi connectivity index (χ3v) is 4.95. The normalized spacial score (nSPS) is 11.3. The van der Waals surface area contributed by atoms with Gasteiger partial charge in [-0.25, -0.2) is 4.98 Å².